The maximum Gasteiger partial charge on any atom is 0.00365 e. The van der Waals surface area contributed by atoms with Crippen LogP contribution in [0.5, 0.6) is 0 Å². The van der Waals surface area contributed by atoms with E-state index in [-0.39, 0.29) is 0 Å². The van der Waals surface area contributed by atoms with Crippen molar-refractivity contribution in [2.24, 2.45) is 0 Å². The first-order chi connectivity index (χ1) is 3.39. The summed E-state index contributed by atoms with van der Waals surface area (Å²) in [5, 5.41) is 1.57. The molecule has 0 aromatic carbocycles. The summed E-state index contributed by atoms with van der Waals surface area (Å²) in [4.78, 5) is 0. The van der Waals surface area contributed by atoms with Crippen molar-refractivity contribution in [3.8, 4) is 0 Å². The van der Waals surface area contributed by atoms with E-state index in [0.29, 0.717) is 5.75 Å². The second-order valence-corrected chi connectivity index (χ2v) is 7.88. The van der Waals surface area contributed by atoms with Crippen LogP contribution in [0.4, 0.5) is 0 Å². The summed E-state index contributed by atoms with van der Waals surface area (Å²) < 4.78 is 11.4. The molecule has 0 rings (SSSR count). The summed E-state index contributed by atoms with van der Waals surface area (Å²) >= 11 is 0. The highest BCUT2D eigenvalue weighted by atomic mass is 32.3. The molecule has 0 aromatic heterocycles. The lowest BCUT2D eigenvalue weighted by Crippen LogP contribution is -2.27. The van der Waals surface area contributed by atoms with E-state index < -0.39 is 9.07 Å². The van der Waals surface area contributed by atoms with Crippen LogP contribution in [0.1, 0.15) is 6.92 Å². The molecule has 0 N–H and O–H groups in total. The summed E-state index contributed by atoms with van der Waals surface area (Å²) in [6, 6.07) is 0. The Labute approximate surface area is 51.2 Å². The first-order valence-electron chi connectivity index (χ1n) is 2.62. The van der Waals surface area contributed by atoms with E-state index in [4.69, 9.17) is 0 Å². The highest BCUT2D eigenvalue weighted by molar-refractivity contribution is 8.21. The molecule has 0 spiro atoms. The molecule has 1 nitrogen and oxygen atoms in total. The molecule has 50 valence electrons. The molecule has 0 heterocycles. The lowest BCUT2D eigenvalue weighted by molar-refractivity contribution is 0.672. The summed E-state index contributed by atoms with van der Waals surface area (Å²) in [5.41, 5.74) is 0. The van der Waals surface area contributed by atoms with E-state index in [9.17, 15) is 4.21 Å². The topological polar surface area (TPSA) is 17.1 Å². The van der Waals surface area contributed by atoms with E-state index in [2.05, 4.69) is 6.58 Å². The van der Waals surface area contributed by atoms with Crippen LogP contribution in [-0.2, 0) is 9.07 Å². The van der Waals surface area contributed by atoms with Crippen LogP contribution in [-0.4, -0.2) is 22.5 Å². The molecule has 0 atom stereocenters. The molecule has 0 fully saturated rings. The molecular formula is C6H14OS. The zero-order valence-electron chi connectivity index (χ0n) is 5.81. The van der Waals surface area contributed by atoms with Crippen molar-refractivity contribution < 1.29 is 4.21 Å². The molecule has 0 saturated carbocycles. The van der Waals surface area contributed by atoms with Crippen LogP contribution in [0.2, 0.25) is 0 Å². The Morgan fingerprint density at radius 1 is 1.62 bits per heavy atom. The van der Waals surface area contributed by atoms with E-state index in [1.54, 1.807) is 17.9 Å². The highest BCUT2D eigenvalue weighted by Crippen LogP contribution is 2.16. The lowest BCUT2D eigenvalue weighted by atomic mass is 11.0. The van der Waals surface area contributed by atoms with E-state index in [1.165, 1.54) is 0 Å². The Hall–Kier alpha value is -0.110. The Bertz CT molecular complexity index is 152. The van der Waals surface area contributed by atoms with Gasteiger partial charge in [-0.25, -0.2) is 0 Å². The molecule has 0 aromatic rings. The fraction of sp³-hybridized carbons (Fsp3) is 0.667. The first kappa shape index (κ1) is 7.89. The number of hydrogen-bond donors (Lipinski definition) is 0. The van der Waals surface area contributed by atoms with Gasteiger partial charge in [0.15, 0.2) is 0 Å². The van der Waals surface area contributed by atoms with Crippen LogP contribution in [0.15, 0.2) is 12.0 Å². The van der Waals surface area contributed by atoms with Crippen molar-refractivity contribution in [1.82, 2.24) is 0 Å². The molecule has 0 bridgehead atoms. The molecule has 2 heteroatoms. The summed E-state index contributed by atoms with van der Waals surface area (Å²) in [7, 11) is -2.37. The standard InChI is InChI=1S/C6H14OS/c1-5-8(3,4,7)6-2/h5H,1,6H2,2-4H3. The maximum atomic E-state index is 11.4. The summed E-state index contributed by atoms with van der Waals surface area (Å²) in [5.74, 6) is 0.695. The molecule has 0 saturated heterocycles. The largest absolute Gasteiger partial charge is 0.279 e. The van der Waals surface area contributed by atoms with Crippen molar-refractivity contribution in [2.75, 3.05) is 18.3 Å². The van der Waals surface area contributed by atoms with Crippen LogP contribution in [0.3, 0.4) is 0 Å². The second-order valence-electron chi connectivity index (χ2n) is 2.63. The number of rotatable bonds is 2. The van der Waals surface area contributed by atoms with Gasteiger partial charge in [0, 0.05) is 5.75 Å². The fourth-order valence-corrected chi connectivity index (χ4v) is 0.354. The third-order valence-electron chi connectivity index (χ3n) is 1.38. The van der Waals surface area contributed by atoms with Crippen molar-refractivity contribution >= 4 is 9.07 Å². The molecule has 8 heavy (non-hydrogen) atoms. The van der Waals surface area contributed by atoms with Gasteiger partial charge in [-0.15, -0.1) is 0 Å². The molecule has 0 aliphatic heterocycles. The van der Waals surface area contributed by atoms with Crippen LogP contribution in [0.25, 0.3) is 0 Å². The monoisotopic (exact) mass is 134 g/mol. The average molecular weight is 134 g/mol. The summed E-state index contributed by atoms with van der Waals surface area (Å²) in [6.07, 6.45) is 3.51. The van der Waals surface area contributed by atoms with Gasteiger partial charge in [-0.2, -0.15) is 0 Å². The smallest absolute Gasteiger partial charge is 0.00365 e. The first-order valence-corrected chi connectivity index (χ1v) is 5.64. The quantitative estimate of drug-likeness (QED) is 0.555. The van der Waals surface area contributed by atoms with Gasteiger partial charge in [0.2, 0.25) is 0 Å². The Morgan fingerprint density at radius 3 is 2.00 bits per heavy atom. The van der Waals surface area contributed by atoms with E-state index in [1.807, 2.05) is 6.92 Å². The van der Waals surface area contributed by atoms with Gasteiger partial charge in [-0.1, -0.05) is 22.6 Å². The Kier molecular flexibility index (Phi) is 1.67. The maximum absolute atomic E-state index is 11.4. The SMILES string of the molecule is C=CS(C)(C)(=O)CC. The third kappa shape index (κ3) is 2.26. The van der Waals surface area contributed by atoms with Crippen LogP contribution in [0, 0.1) is 0 Å². The minimum atomic E-state index is -2.37. The predicted molar refractivity (Wildman–Crippen MR) is 40.7 cm³/mol. The van der Waals surface area contributed by atoms with Gasteiger partial charge in [0.1, 0.15) is 0 Å². The Morgan fingerprint density at radius 2 is 2.00 bits per heavy atom. The zero-order valence-corrected chi connectivity index (χ0v) is 6.62. The zero-order chi connectivity index (χ0) is 6.86. The van der Waals surface area contributed by atoms with Crippen molar-refractivity contribution in [3.05, 3.63) is 12.0 Å². The lowest BCUT2D eigenvalue weighted by Gasteiger charge is -2.26. The van der Waals surface area contributed by atoms with Crippen LogP contribution >= 0.6 is 0 Å². The van der Waals surface area contributed by atoms with E-state index >= 15 is 0 Å². The van der Waals surface area contributed by atoms with Gasteiger partial charge in [-0.05, 0) is 17.9 Å². The van der Waals surface area contributed by atoms with Gasteiger partial charge in [0.25, 0.3) is 0 Å². The highest BCUT2D eigenvalue weighted by Gasteiger charge is 2.15. The minimum Gasteiger partial charge on any atom is -0.279 e. The average Bonchev–Trinajstić information content (AvgIpc) is 1.68. The third-order valence-corrected chi connectivity index (χ3v) is 4.14. The van der Waals surface area contributed by atoms with Crippen molar-refractivity contribution in [3.63, 3.8) is 0 Å². The molecule has 0 aliphatic carbocycles. The molecule has 0 aliphatic rings. The van der Waals surface area contributed by atoms with E-state index in [0.717, 1.165) is 0 Å². The fourth-order valence-electron chi connectivity index (χ4n) is 0.118. The van der Waals surface area contributed by atoms with Gasteiger partial charge < -0.3 is 0 Å². The molecule has 0 unspecified atom stereocenters. The van der Waals surface area contributed by atoms with Crippen LogP contribution < -0.4 is 0 Å². The normalized spacial score (nSPS) is 16.6. The molecular weight excluding hydrogens is 120 g/mol. The molecule has 0 amide bonds. The van der Waals surface area contributed by atoms with Gasteiger partial charge in [0.05, 0.1) is 0 Å². The van der Waals surface area contributed by atoms with Gasteiger partial charge >= 0.3 is 0 Å². The minimum absolute atomic E-state index is 0.695. The number of hydrogen-bond acceptors (Lipinski definition) is 1. The predicted octanol–water partition coefficient (Wildman–Crippen LogP) is 1.23. The summed E-state index contributed by atoms with van der Waals surface area (Å²) in [6.45, 7) is 5.42. The van der Waals surface area contributed by atoms with Crippen molar-refractivity contribution in [2.45, 2.75) is 6.92 Å². The molecule has 0 radical (unpaired) electrons. The van der Waals surface area contributed by atoms with Gasteiger partial charge in [-0.3, -0.25) is 4.21 Å². The Balaban J connectivity index is 4.50. The van der Waals surface area contributed by atoms with Crippen molar-refractivity contribution in [1.29, 1.82) is 0 Å². The second kappa shape index (κ2) is 1.69.